The Kier molecular flexibility index (Phi) is 9.02. The molecule has 3 amide bonds. The number of non-ortho nitro benzene ring substituents is 1. The molecule has 0 aromatic heterocycles. The second-order valence-corrected chi connectivity index (χ2v) is 5.95. The third kappa shape index (κ3) is 8.24. The van der Waals surface area contributed by atoms with Crippen LogP contribution in [0.15, 0.2) is 24.3 Å². The van der Waals surface area contributed by atoms with Gasteiger partial charge in [0.25, 0.3) is 5.69 Å². The van der Waals surface area contributed by atoms with Gasteiger partial charge in [-0.15, -0.1) is 0 Å². The summed E-state index contributed by atoms with van der Waals surface area (Å²) < 4.78 is 4.88. The van der Waals surface area contributed by atoms with Gasteiger partial charge in [0.05, 0.1) is 18.0 Å². The monoisotopic (exact) mass is 410 g/mol. The Balaban J connectivity index is 2.72. The second-order valence-electron chi connectivity index (χ2n) is 5.95. The molecule has 0 aliphatic carbocycles. The van der Waals surface area contributed by atoms with E-state index in [0.29, 0.717) is 6.42 Å². The van der Waals surface area contributed by atoms with Crippen LogP contribution in [0.4, 0.5) is 16.2 Å². The number of anilines is 1. The first-order valence-electron chi connectivity index (χ1n) is 8.64. The molecular weight excluding hydrogens is 388 g/mol. The van der Waals surface area contributed by atoms with E-state index < -0.39 is 47.3 Å². The molecule has 0 radical (unpaired) electrons. The highest BCUT2D eigenvalue weighted by atomic mass is 16.6. The average molecular weight is 410 g/mol. The molecule has 0 bridgehead atoms. The Hall–Kier alpha value is -3.70. The van der Waals surface area contributed by atoms with Crippen LogP contribution in [-0.4, -0.2) is 52.6 Å². The normalized spacial score (nSPS) is 12.2. The zero-order valence-corrected chi connectivity index (χ0v) is 15.8. The van der Waals surface area contributed by atoms with Crippen LogP contribution >= 0.6 is 0 Å². The van der Waals surface area contributed by atoms with Crippen LogP contribution in [0.3, 0.4) is 0 Å². The van der Waals surface area contributed by atoms with Crippen LogP contribution in [0.5, 0.6) is 0 Å². The number of benzene rings is 1. The van der Waals surface area contributed by atoms with Gasteiger partial charge < -0.3 is 25.8 Å². The van der Waals surface area contributed by atoms with Gasteiger partial charge in [-0.25, -0.2) is 9.59 Å². The molecule has 0 saturated heterocycles. The molecule has 1 aromatic rings. The molecule has 12 heteroatoms. The molecule has 1 aromatic carbocycles. The Bertz CT molecular complexity index is 765. The van der Waals surface area contributed by atoms with Crippen molar-refractivity contribution >= 4 is 35.3 Å². The summed E-state index contributed by atoms with van der Waals surface area (Å²) in [5, 5.41) is 26.4. The first-order chi connectivity index (χ1) is 13.6. The Morgan fingerprint density at radius 2 is 1.79 bits per heavy atom. The predicted molar refractivity (Wildman–Crippen MR) is 100 cm³/mol. The third-order valence-electron chi connectivity index (χ3n) is 3.50. The van der Waals surface area contributed by atoms with E-state index in [1.165, 1.54) is 31.2 Å². The van der Waals surface area contributed by atoms with Crippen molar-refractivity contribution in [2.45, 2.75) is 38.8 Å². The quantitative estimate of drug-likeness (QED) is 0.251. The number of nitrogens with one attached hydrogen (secondary N) is 3. The van der Waals surface area contributed by atoms with Gasteiger partial charge in [0.2, 0.25) is 5.91 Å². The van der Waals surface area contributed by atoms with Crippen LogP contribution in [0.2, 0.25) is 0 Å². The number of nitro benzene ring substituents is 1. The number of carbonyl (C=O) groups excluding carboxylic acids is 3. The number of carbonyl (C=O) groups is 4. The summed E-state index contributed by atoms with van der Waals surface area (Å²) in [4.78, 5) is 57.1. The summed E-state index contributed by atoms with van der Waals surface area (Å²) in [6.07, 6.45) is -0.130. The first-order valence-corrected chi connectivity index (χ1v) is 8.64. The fourth-order valence-corrected chi connectivity index (χ4v) is 2.08. The molecule has 0 aliphatic rings. The second kappa shape index (κ2) is 11.2. The lowest BCUT2D eigenvalue weighted by Crippen LogP contribution is -2.52. The zero-order chi connectivity index (χ0) is 22.0. The molecule has 0 spiro atoms. The zero-order valence-electron chi connectivity index (χ0n) is 15.8. The number of carboxylic acids is 1. The SMILES string of the molecule is CCCOC(=O)C(C)NC(=O)C(CC(=O)O)NC(=O)Nc1ccc([N+](=O)[O-])cc1. The van der Waals surface area contributed by atoms with Gasteiger partial charge in [-0.2, -0.15) is 0 Å². The van der Waals surface area contributed by atoms with Crippen LogP contribution < -0.4 is 16.0 Å². The largest absolute Gasteiger partial charge is 0.481 e. The molecule has 2 unspecified atom stereocenters. The summed E-state index contributed by atoms with van der Waals surface area (Å²) in [7, 11) is 0. The lowest BCUT2D eigenvalue weighted by atomic mass is 10.2. The van der Waals surface area contributed by atoms with Gasteiger partial charge in [0.1, 0.15) is 12.1 Å². The fourth-order valence-electron chi connectivity index (χ4n) is 2.08. The molecule has 1 rings (SSSR count). The van der Waals surface area contributed by atoms with E-state index in [1.807, 2.05) is 0 Å². The summed E-state index contributed by atoms with van der Waals surface area (Å²) >= 11 is 0. The molecule has 0 fully saturated rings. The molecule has 29 heavy (non-hydrogen) atoms. The highest BCUT2D eigenvalue weighted by molar-refractivity contribution is 5.96. The average Bonchev–Trinajstić information content (AvgIpc) is 2.65. The molecule has 158 valence electrons. The van der Waals surface area contributed by atoms with Crippen molar-refractivity contribution in [2.24, 2.45) is 0 Å². The van der Waals surface area contributed by atoms with Gasteiger partial charge in [-0.3, -0.25) is 19.7 Å². The maximum atomic E-state index is 12.3. The van der Waals surface area contributed by atoms with Gasteiger partial charge in [0.15, 0.2) is 0 Å². The van der Waals surface area contributed by atoms with E-state index in [1.54, 1.807) is 6.92 Å². The Labute approximate surface area is 165 Å². The minimum Gasteiger partial charge on any atom is -0.481 e. The van der Waals surface area contributed by atoms with E-state index in [0.717, 1.165) is 0 Å². The van der Waals surface area contributed by atoms with Crippen molar-refractivity contribution in [3.63, 3.8) is 0 Å². The van der Waals surface area contributed by atoms with Crippen molar-refractivity contribution in [2.75, 3.05) is 11.9 Å². The van der Waals surface area contributed by atoms with E-state index in [9.17, 15) is 29.3 Å². The number of esters is 1. The minimum atomic E-state index is -1.47. The number of nitrogens with zero attached hydrogens (tertiary/aromatic N) is 1. The van der Waals surface area contributed by atoms with Gasteiger partial charge >= 0.3 is 18.0 Å². The molecule has 4 N–H and O–H groups in total. The predicted octanol–water partition coefficient (Wildman–Crippen LogP) is 1.02. The highest BCUT2D eigenvalue weighted by Gasteiger charge is 2.27. The fraction of sp³-hybridized carbons (Fsp3) is 0.412. The minimum absolute atomic E-state index is 0.174. The van der Waals surface area contributed by atoms with Crippen LogP contribution in [0.1, 0.15) is 26.7 Å². The van der Waals surface area contributed by atoms with Crippen molar-refractivity contribution < 1.29 is 33.9 Å². The number of hydrogen-bond acceptors (Lipinski definition) is 7. The van der Waals surface area contributed by atoms with Gasteiger partial charge in [-0.05, 0) is 25.5 Å². The Morgan fingerprint density at radius 3 is 2.31 bits per heavy atom. The summed E-state index contributed by atoms with van der Waals surface area (Å²) in [6.45, 7) is 3.34. The van der Waals surface area contributed by atoms with E-state index in [-0.39, 0.29) is 18.0 Å². The topological polar surface area (TPSA) is 177 Å². The number of rotatable bonds is 10. The van der Waals surface area contributed by atoms with Crippen LogP contribution in [-0.2, 0) is 19.1 Å². The number of hydrogen-bond donors (Lipinski definition) is 4. The lowest BCUT2D eigenvalue weighted by Gasteiger charge is -2.20. The van der Waals surface area contributed by atoms with Crippen molar-refractivity contribution in [1.82, 2.24) is 10.6 Å². The summed E-state index contributed by atoms with van der Waals surface area (Å²) in [5.74, 6) is -2.92. The molecule has 2 atom stereocenters. The molecular formula is C17H22N4O8. The van der Waals surface area contributed by atoms with Crippen LogP contribution in [0.25, 0.3) is 0 Å². The number of nitro groups is 1. The maximum Gasteiger partial charge on any atom is 0.328 e. The van der Waals surface area contributed by atoms with E-state index >= 15 is 0 Å². The Morgan fingerprint density at radius 1 is 1.17 bits per heavy atom. The summed E-state index contributed by atoms with van der Waals surface area (Å²) in [6, 6.07) is 1.48. The molecule has 0 aliphatic heterocycles. The molecule has 0 heterocycles. The molecule has 0 saturated carbocycles. The number of ether oxygens (including phenoxy) is 1. The maximum absolute atomic E-state index is 12.3. The van der Waals surface area contributed by atoms with Crippen molar-refractivity contribution in [3.05, 3.63) is 34.4 Å². The number of carboxylic acid groups (broad SMARTS) is 1. The highest BCUT2D eigenvalue weighted by Crippen LogP contribution is 2.15. The number of amides is 3. The van der Waals surface area contributed by atoms with Crippen LogP contribution in [0, 0.1) is 10.1 Å². The lowest BCUT2D eigenvalue weighted by molar-refractivity contribution is -0.384. The van der Waals surface area contributed by atoms with E-state index in [4.69, 9.17) is 9.84 Å². The molecule has 12 nitrogen and oxygen atoms in total. The van der Waals surface area contributed by atoms with Crippen molar-refractivity contribution in [1.29, 1.82) is 0 Å². The summed E-state index contributed by atoms with van der Waals surface area (Å²) in [5.41, 5.74) is 0.0159. The standard InChI is InChI=1S/C17H22N4O8/c1-3-8-29-16(25)10(2)18-15(24)13(9-14(22)23)20-17(26)19-11-4-6-12(7-5-11)21(27)28/h4-7,10,13H,3,8-9H2,1-2H3,(H,18,24)(H,22,23)(H2,19,20,26). The van der Waals surface area contributed by atoms with Crippen molar-refractivity contribution in [3.8, 4) is 0 Å². The smallest absolute Gasteiger partial charge is 0.328 e. The van der Waals surface area contributed by atoms with Gasteiger partial charge in [-0.1, -0.05) is 6.92 Å². The number of aliphatic carboxylic acids is 1. The van der Waals surface area contributed by atoms with E-state index in [2.05, 4.69) is 16.0 Å². The number of urea groups is 1. The first kappa shape index (κ1) is 23.3. The third-order valence-corrected chi connectivity index (χ3v) is 3.50. The van der Waals surface area contributed by atoms with Gasteiger partial charge in [0, 0.05) is 17.8 Å².